The first-order chi connectivity index (χ1) is 11.0. The van der Waals surface area contributed by atoms with Crippen LogP contribution in [0.25, 0.3) is 0 Å². The van der Waals surface area contributed by atoms with E-state index in [0.29, 0.717) is 6.54 Å². The van der Waals surface area contributed by atoms with Crippen molar-refractivity contribution < 1.29 is 19.6 Å². The van der Waals surface area contributed by atoms with Gasteiger partial charge in [-0.15, -0.1) is 0 Å². The summed E-state index contributed by atoms with van der Waals surface area (Å²) in [6.07, 6.45) is 7.39. The highest BCUT2D eigenvalue weighted by molar-refractivity contribution is 5.98. The van der Waals surface area contributed by atoms with Gasteiger partial charge in [-0.1, -0.05) is 11.6 Å². The van der Waals surface area contributed by atoms with Crippen molar-refractivity contribution in [2.45, 2.75) is 32.1 Å². The van der Waals surface area contributed by atoms with Crippen molar-refractivity contribution in [1.29, 1.82) is 0 Å². The summed E-state index contributed by atoms with van der Waals surface area (Å²) < 4.78 is 0. The SMILES string of the molecule is O=C(O)c1cc(C(=O)NCCC2=CCCCC2)cc([N+](=O)[O-])c1. The number of non-ortho nitro benzene ring substituents is 1. The number of benzene rings is 1. The van der Waals surface area contributed by atoms with Crippen LogP contribution in [0.4, 0.5) is 5.69 Å². The lowest BCUT2D eigenvalue weighted by Gasteiger charge is -2.13. The highest BCUT2D eigenvalue weighted by atomic mass is 16.6. The number of allylic oxidation sites excluding steroid dienone is 1. The maximum Gasteiger partial charge on any atom is 0.335 e. The van der Waals surface area contributed by atoms with Crippen LogP contribution < -0.4 is 5.32 Å². The molecule has 0 atom stereocenters. The number of carbonyl (C=O) groups excluding carboxylic acids is 1. The molecule has 0 bridgehead atoms. The molecule has 1 aromatic rings. The third kappa shape index (κ3) is 4.64. The largest absolute Gasteiger partial charge is 0.478 e. The average Bonchev–Trinajstić information content (AvgIpc) is 2.55. The fraction of sp³-hybridized carbons (Fsp3) is 0.375. The van der Waals surface area contributed by atoms with Crippen molar-refractivity contribution in [3.63, 3.8) is 0 Å². The van der Waals surface area contributed by atoms with Gasteiger partial charge < -0.3 is 10.4 Å². The average molecular weight is 318 g/mol. The Kier molecular flexibility index (Phi) is 5.46. The molecule has 0 spiro atoms. The second kappa shape index (κ2) is 7.53. The highest BCUT2D eigenvalue weighted by Crippen LogP contribution is 2.20. The topological polar surface area (TPSA) is 110 Å². The molecule has 7 heteroatoms. The molecule has 1 aliphatic rings. The molecular weight excluding hydrogens is 300 g/mol. The Labute approximate surface area is 133 Å². The Bertz CT molecular complexity index is 634. The van der Waals surface area contributed by atoms with Crippen LogP contribution >= 0.6 is 0 Å². The van der Waals surface area contributed by atoms with Gasteiger partial charge in [-0.25, -0.2) is 4.79 Å². The molecule has 0 unspecified atom stereocenters. The molecule has 2 N–H and O–H groups in total. The molecule has 2 rings (SSSR count). The van der Waals surface area contributed by atoms with E-state index in [2.05, 4.69) is 11.4 Å². The number of amides is 1. The second-order valence-corrected chi connectivity index (χ2v) is 5.44. The highest BCUT2D eigenvalue weighted by Gasteiger charge is 2.17. The van der Waals surface area contributed by atoms with Gasteiger partial charge in [0, 0.05) is 24.2 Å². The third-order valence-electron chi connectivity index (χ3n) is 3.75. The number of aromatic carboxylic acids is 1. The summed E-state index contributed by atoms with van der Waals surface area (Å²) >= 11 is 0. The predicted molar refractivity (Wildman–Crippen MR) is 83.6 cm³/mol. The van der Waals surface area contributed by atoms with Crippen LogP contribution in [0, 0.1) is 10.1 Å². The van der Waals surface area contributed by atoms with E-state index in [9.17, 15) is 19.7 Å². The molecule has 23 heavy (non-hydrogen) atoms. The van der Waals surface area contributed by atoms with Gasteiger partial charge in [0.2, 0.25) is 0 Å². The lowest BCUT2D eigenvalue weighted by atomic mass is 9.97. The Balaban J connectivity index is 2.04. The maximum absolute atomic E-state index is 12.1. The monoisotopic (exact) mass is 318 g/mol. The van der Waals surface area contributed by atoms with Crippen LogP contribution in [-0.2, 0) is 0 Å². The van der Waals surface area contributed by atoms with Crippen LogP contribution in [-0.4, -0.2) is 28.5 Å². The van der Waals surface area contributed by atoms with Gasteiger partial charge in [-0.05, 0) is 38.2 Å². The maximum atomic E-state index is 12.1. The van der Waals surface area contributed by atoms with Crippen LogP contribution in [0.15, 0.2) is 29.8 Å². The first kappa shape index (κ1) is 16.7. The summed E-state index contributed by atoms with van der Waals surface area (Å²) in [4.78, 5) is 33.2. The van der Waals surface area contributed by atoms with E-state index in [0.717, 1.165) is 43.9 Å². The second-order valence-electron chi connectivity index (χ2n) is 5.44. The summed E-state index contributed by atoms with van der Waals surface area (Å²) in [6.45, 7) is 0.426. The molecule has 0 aromatic heterocycles. The molecule has 0 radical (unpaired) electrons. The predicted octanol–water partition coefficient (Wildman–Crippen LogP) is 2.91. The minimum atomic E-state index is -1.31. The quantitative estimate of drug-likeness (QED) is 0.476. The summed E-state index contributed by atoms with van der Waals surface area (Å²) in [5.74, 6) is -1.82. The summed E-state index contributed by atoms with van der Waals surface area (Å²) in [6, 6.07) is 3.16. The van der Waals surface area contributed by atoms with E-state index in [1.165, 1.54) is 12.0 Å². The molecule has 0 fully saturated rings. The Morgan fingerprint density at radius 3 is 2.57 bits per heavy atom. The molecule has 122 valence electrons. The Morgan fingerprint density at radius 1 is 1.22 bits per heavy atom. The number of carboxylic acids is 1. The van der Waals surface area contributed by atoms with Crippen LogP contribution in [0.5, 0.6) is 0 Å². The van der Waals surface area contributed by atoms with Gasteiger partial charge in [0.1, 0.15) is 0 Å². The van der Waals surface area contributed by atoms with E-state index >= 15 is 0 Å². The van der Waals surface area contributed by atoms with Crippen molar-refractivity contribution in [1.82, 2.24) is 5.32 Å². The van der Waals surface area contributed by atoms with Gasteiger partial charge in [-0.2, -0.15) is 0 Å². The van der Waals surface area contributed by atoms with Crippen LogP contribution in [0.1, 0.15) is 52.8 Å². The van der Waals surface area contributed by atoms with Crippen molar-refractivity contribution in [3.05, 3.63) is 51.1 Å². The molecule has 1 aromatic carbocycles. The van der Waals surface area contributed by atoms with Gasteiger partial charge in [0.15, 0.2) is 0 Å². The van der Waals surface area contributed by atoms with Crippen molar-refractivity contribution in [2.75, 3.05) is 6.54 Å². The summed E-state index contributed by atoms with van der Waals surface area (Å²) in [7, 11) is 0. The van der Waals surface area contributed by atoms with Crippen molar-refractivity contribution >= 4 is 17.6 Å². The minimum absolute atomic E-state index is 0.0192. The zero-order chi connectivity index (χ0) is 16.8. The van der Waals surface area contributed by atoms with Gasteiger partial charge in [0.05, 0.1) is 10.5 Å². The molecule has 7 nitrogen and oxygen atoms in total. The molecule has 0 saturated carbocycles. The molecule has 1 aliphatic carbocycles. The number of carboxylic acid groups (broad SMARTS) is 1. The van der Waals surface area contributed by atoms with Gasteiger partial charge >= 0.3 is 5.97 Å². The number of hydrogen-bond acceptors (Lipinski definition) is 4. The number of hydrogen-bond donors (Lipinski definition) is 2. The molecule has 0 saturated heterocycles. The van der Waals surface area contributed by atoms with Crippen molar-refractivity contribution in [3.8, 4) is 0 Å². The first-order valence-corrected chi connectivity index (χ1v) is 7.46. The standard InChI is InChI=1S/C16H18N2O5/c19-15(17-7-6-11-4-2-1-3-5-11)12-8-13(16(20)21)10-14(9-12)18(22)23/h4,8-10H,1-3,5-7H2,(H,17,19)(H,20,21). The number of nitro groups is 1. The molecule has 1 amide bonds. The molecular formula is C16H18N2O5. The molecule has 0 heterocycles. The van der Waals surface area contributed by atoms with Gasteiger partial charge in [-0.3, -0.25) is 14.9 Å². The third-order valence-corrected chi connectivity index (χ3v) is 3.75. The van der Waals surface area contributed by atoms with E-state index in [4.69, 9.17) is 5.11 Å². The number of rotatable bonds is 6. The smallest absolute Gasteiger partial charge is 0.335 e. The lowest BCUT2D eigenvalue weighted by Crippen LogP contribution is -2.25. The number of nitro benzene ring substituents is 1. The van der Waals surface area contributed by atoms with E-state index in [1.54, 1.807) is 0 Å². The van der Waals surface area contributed by atoms with E-state index in [1.807, 2.05) is 0 Å². The zero-order valence-corrected chi connectivity index (χ0v) is 12.6. The van der Waals surface area contributed by atoms with E-state index in [-0.39, 0.29) is 11.1 Å². The fourth-order valence-corrected chi connectivity index (χ4v) is 2.54. The Hall–Kier alpha value is -2.70. The summed E-state index contributed by atoms with van der Waals surface area (Å²) in [5, 5.41) is 22.5. The van der Waals surface area contributed by atoms with Crippen LogP contribution in [0.2, 0.25) is 0 Å². The van der Waals surface area contributed by atoms with Crippen molar-refractivity contribution in [2.24, 2.45) is 0 Å². The fourth-order valence-electron chi connectivity index (χ4n) is 2.54. The van der Waals surface area contributed by atoms with Gasteiger partial charge in [0.25, 0.3) is 11.6 Å². The number of carbonyl (C=O) groups is 2. The minimum Gasteiger partial charge on any atom is -0.478 e. The number of nitrogens with one attached hydrogen (secondary N) is 1. The summed E-state index contributed by atoms with van der Waals surface area (Å²) in [5.41, 5.74) is 0.598. The van der Waals surface area contributed by atoms with E-state index < -0.39 is 22.5 Å². The lowest BCUT2D eigenvalue weighted by molar-refractivity contribution is -0.384. The number of nitrogens with zero attached hydrogens (tertiary/aromatic N) is 1. The normalized spacial score (nSPS) is 14.0. The first-order valence-electron chi connectivity index (χ1n) is 7.46. The molecule has 0 aliphatic heterocycles. The van der Waals surface area contributed by atoms with Crippen LogP contribution in [0.3, 0.4) is 0 Å². The zero-order valence-electron chi connectivity index (χ0n) is 12.6. The Morgan fingerprint density at radius 2 is 1.96 bits per heavy atom.